The monoisotopic (exact) mass is 299 g/mol. The Labute approximate surface area is 120 Å². The van der Waals surface area contributed by atoms with Crippen molar-refractivity contribution < 1.29 is 13.2 Å². The molecule has 108 valence electrons. The number of thiophene rings is 1. The Morgan fingerprint density at radius 2 is 1.80 bits per heavy atom. The summed E-state index contributed by atoms with van der Waals surface area (Å²) in [6, 6.07) is 3.07. The van der Waals surface area contributed by atoms with E-state index in [-0.39, 0.29) is 5.56 Å². The summed E-state index contributed by atoms with van der Waals surface area (Å²) in [5.74, 6) is -2.92. The van der Waals surface area contributed by atoms with Crippen molar-refractivity contribution in [3.05, 3.63) is 57.0 Å². The number of rotatable bonds is 5. The molecular weight excluding hydrogens is 283 g/mol. The predicted molar refractivity (Wildman–Crippen MR) is 75.5 cm³/mol. The van der Waals surface area contributed by atoms with Crippen LogP contribution in [-0.2, 0) is 6.42 Å². The molecule has 0 saturated heterocycles. The van der Waals surface area contributed by atoms with Crippen molar-refractivity contribution in [1.82, 2.24) is 5.32 Å². The summed E-state index contributed by atoms with van der Waals surface area (Å²) >= 11 is 1.49. The Hall–Kier alpha value is -1.33. The molecule has 0 spiro atoms. The van der Waals surface area contributed by atoms with Crippen molar-refractivity contribution in [3.63, 3.8) is 0 Å². The maximum Gasteiger partial charge on any atom is 0.161 e. The fourth-order valence-electron chi connectivity index (χ4n) is 2.20. The van der Waals surface area contributed by atoms with E-state index in [0.29, 0.717) is 12.6 Å². The van der Waals surface area contributed by atoms with E-state index in [2.05, 4.69) is 5.32 Å². The maximum absolute atomic E-state index is 14.0. The van der Waals surface area contributed by atoms with E-state index in [1.54, 1.807) is 0 Å². The van der Waals surface area contributed by atoms with Gasteiger partial charge in [-0.25, -0.2) is 13.2 Å². The van der Waals surface area contributed by atoms with Crippen LogP contribution in [0.5, 0.6) is 0 Å². The molecule has 0 saturated carbocycles. The van der Waals surface area contributed by atoms with Gasteiger partial charge in [0.25, 0.3) is 0 Å². The van der Waals surface area contributed by atoms with Gasteiger partial charge < -0.3 is 5.32 Å². The lowest BCUT2D eigenvalue weighted by Crippen LogP contribution is -2.23. The smallest absolute Gasteiger partial charge is 0.161 e. The maximum atomic E-state index is 14.0. The van der Waals surface area contributed by atoms with Crippen LogP contribution in [0.3, 0.4) is 0 Å². The van der Waals surface area contributed by atoms with Crippen LogP contribution in [0.1, 0.15) is 35.9 Å². The first-order chi connectivity index (χ1) is 9.58. The van der Waals surface area contributed by atoms with Gasteiger partial charge in [0.2, 0.25) is 0 Å². The van der Waals surface area contributed by atoms with Crippen LogP contribution in [-0.4, -0.2) is 6.54 Å². The van der Waals surface area contributed by atoms with Crippen LogP contribution in [0.15, 0.2) is 23.6 Å². The summed E-state index contributed by atoms with van der Waals surface area (Å²) in [6.45, 7) is 4.50. The van der Waals surface area contributed by atoms with Crippen molar-refractivity contribution in [1.29, 1.82) is 0 Å². The Morgan fingerprint density at radius 1 is 1.10 bits per heavy atom. The number of hydrogen-bond acceptors (Lipinski definition) is 2. The molecule has 2 aromatic rings. The normalized spacial score (nSPS) is 12.7. The third-order valence-corrected chi connectivity index (χ3v) is 4.21. The van der Waals surface area contributed by atoms with E-state index in [1.807, 2.05) is 25.3 Å². The van der Waals surface area contributed by atoms with Gasteiger partial charge in [0, 0.05) is 16.5 Å². The molecule has 0 bridgehead atoms. The molecule has 5 heteroatoms. The van der Waals surface area contributed by atoms with Gasteiger partial charge in [-0.3, -0.25) is 0 Å². The molecular formula is C15H16F3NS. The summed E-state index contributed by atoms with van der Waals surface area (Å²) in [5, 5.41) is 5.07. The predicted octanol–water partition coefficient (Wildman–Crippen LogP) is 4.43. The van der Waals surface area contributed by atoms with Crippen molar-refractivity contribution in [2.45, 2.75) is 26.3 Å². The summed E-state index contributed by atoms with van der Waals surface area (Å²) < 4.78 is 40.5. The van der Waals surface area contributed by atoms with Crippen molar-refractivity contribution in [2.75, 3.05) is 6.54 Å². The first kappa shape index (κ1) is 15.1. The quantitative estimate of drug-likeness (QED) is 0.806. The molecule has 1 aromatic heterocycles. The SMILES string of the molecule is CCNC(c1cc(F)c(F)cc1F)c1sccc1CC. The molecule has 0 aliphatic carbocycles. The number of benzene rings is 1. The summed E-state index contributed by atoms with van der Waals surface area (Å²) in [5.41, 5.74) is 1.23. The standard InChI is InChI=1S/C15H16F3NS/c1-3-9-5-6-20-15(9)14(19-4-2)10-7-12(17)13(18)8-11(10)16/h5-8,14,19H,3-4H2,1-2H3. The number of halogens is 3. The molecule has 1 unspecified atom stereocenters. The third kappa shape index (κ3) is 2.88. The van der Waals surface area contributed by atoms with E-state index in [0.717, 1.165) is 22.9 Å². The molecule has 1 atom stereocenters. The molecule has 0 radical (unpaired) electrons. The minimum absolute atomic E-state index is 0.142. The number of nitrogens with one attached hydrogen (secondary N) is 1. The van der Waals surface area contributed by atoms with Gasteiger partial charge in [0.15, 0.2) is 11.6 Å². The first-order valence-corrected chi connectivity index (χ1v) is 7.40. The topological polar surface area (TPSA) is 12.0 Å². The second kappa shape index (κ2) is 6.41. The molecule has 0 aliphatic heterocycles. The zero-order valence-electron chi connectivity index (χ0n) is 11.3. The molecule has 1 nitrogen and oxygen atoms in total. The van der Waals surface area contributed by atoms with E-state index in [9.17, 15) is 13.2 Å². The van der Waals surface area contributed by atoms with Gasteiger partial charge in [0.1, 0.15) is 5.82 Å². The highest BCUT2D eigenvalue weighted by Gasteiger charge is 2.22. The highest BCUT2D eigenvalue weighted by atomic mass is 32.1. The second-order valence-electron chi connectivity index (χ2n) is 4.44. The Balaban J connectivity index is 2.51. The van der Waals surface area contributed by atoms with E-state index >= 15 is 0 Å². The van der Waals surface area contributed by atoms with Crippen LogP contribution >= 0.6 is 11.3 Å². The second-order valence-corrected chi connectivity index (χ2v) is 5.39. The molecule has 0 fully saturated rings. The Kier molecular flexibility index (Phi) is 4.83. The van der Waals surface area contributed by atoms with Gasteiger partial charge >= 0.3 is 0 Å². The lowest BCUT2D eigenvalue weighted by molar-refractivity contribution is 0.481. The lowest BCUT2D eigenvalue weighted by Gasteiger charge is -2.19. The third-order valence-electron chi connectivity index (χ3n) is 3.18. The van der Waals surface area contributed by atoms with Gasteiger partial charge in [-0.1, -0.05) is 13.8 Å². The zero-order valence-corrected chi connectivity index (χ0v) is 12.2. The van der Waals surface area contributed by atoms with Crippen molar-refractivity contribution >= 4 is 11.3 Å². The Morgan fingerprint density at radius 3 is 2.45 bits per heavy atom. The summed E-state index contributed by atoms with van der Waals surface area (Å²) in [4.78, 5) is 0.944. The Bertz CT molecular complexity index is 595. The van der Waals surface area contributed by atoms with E-state index in [4.69, 9.17) is 0 Å². The molecule has 2 rings (SSSR count). The van der Waals surface area contributed by atoms with Crippen LogP contribution in [0.4, 0.5) is 13.2 Å². The molecule has 0 aliphatic rings. The minimum atomic E-state index is -1.16. The molecule has 1 heterocycles. The molecule has 20 heavy (non-hydrogen) atoms. The summed E-state index contributed by atoms with van der Waals surface area (Å²) in [6.07, 6.45) is 0.812. The van der Waals surface area contributed by atoms with Crippen molar-refractivity contribution in [2.24, 2.45) is 0 Å². The highest BCUT2D eigenvalue weighted by molar-refractivity contribution is 7.10. The number of hydrogen-bond donors (Lipinski definition) is 1. The van der Waals surface area contributed by atoms with Crippen LogP contribution in [0, 0.1) is 17.5 Å². The average molecular weight is 299 g/mol. The minimum Gasteiger partial charge on any atom is -0.306 e. The largest absolute Gasteiger partial charge is 0.306 e. The zero-order chi connectivity index (χ0) is 14.7. The fraction of sp³-hybridized carbons (Fsp3) is 0.333. The van der Waals surface area contributed by atoms with Crippen LogP contribution in [0.25, 0.3) is 0 Å². The van der Waals surface area contributed by atoms with E-state index < -0.39 is 23.5 Å². The van der Waals surface area contributed by atoms with Gasteiger partial charge in [0.05, 0.1) is 6.04 Å². The van der Waals surface area contributed by atoms with E-state index in [1.165, 1.54) is 11.3 Å². The van der Waals surface area contributed by atoms with Gasteiger partial charge in [-0.15, -0.1) is 11.3 Å². The fourth-order valence-corrected chi connectivity index (χ4v) is 3.29. The molecule has 0 amide bonds. The molecule has 1 N–H and O–H groups in total. The number of aryl methyl sites for hydroxylation is 1. The van der Waals surface area contributed by atoms with Gasteiger partial charge in [-0.2, -0.15) is 0 Å². The van der Waals surface area contributed by atoms with Crippen LogP contribution < -0.4 is 5.32 Å². The van der Waals surface area contributed by atoms with Crippen molar-refractivity contribution in [3.8, 4) is 0 Å². The average Bonchev–Trinajstić information content (AvgIpc) is 2.88. The lowest BCUT2D eigenvalue weighted by atomic mass is 10.0. The first-order valence-electron chi connectivity index (χ1n) is 6.52. The highest BCUT2D eigenvalue weighted by Crippen LogP contribution is 2.32. The van der Waals surface area contributed by atoms with Gasteiger partial charge in [-0.05, 0) is 36.0 Å². The van der Waals surface area contributed by atoms with Crippen LogP contribution in [0.2, 0.25) is 0 Å². The summed E-state index contributed by atoms with van der Waals surface area (Å²) in [7, 11) is 0. The molecule has 1 aromatic carbocycles.